The summed E-state index contributed by atoms with van der Waals surface area (Å²) in [4.78, 5) is 24.2. The number of carbonyl (C=O) groups is 2. The lowest BCUT2D eigenvalue weighted by atomic mass is 10.0. The minimum atomic E-state index is -0.766. The van der Waals surface area contributed by atoms with E-state index in [1.54, 1.807) is 0 Å². The van der Waals surface area contributed by atoms with Crippen LogP contribution < -0.4 is 0 Å². The molecule has 0 aliphatic carbocycles. The summed E-state index contributed by atoms with van der Waals surface area (Å²) in [6, 6.07) is 0. The Morgan fingerprint density at radius 3 is 1.20 bits per heavy atom. The number of rotatable bonds is 36. The minimum Gasteiger partial charge on any atom is -0.462 e. The lowest BCUT2D eigenvalue weighted by Gasteiger charge is -2.15. The van der Waals surface area contributed by atoms with Crippen LogP contribution in [-0.2, 0) is 19.1 Å². The first-order valence-electron chi connectivity index (χ1n) is 19.7. The topological polar surface area (TPSA) is 72.8 Å². The van der Waals surface area contributed by atoms with E-state index in [9.17, 15) is 14.7 Å². The Morgan fingerprint density at radius 2 is 0.822 bits per heavy atom. The summed E-state index contributed by atoms with van der Waals surface area (Å²) < 4.78 is 10.6. The van der Waals surface area contributed by atoms with Gasteiger partial charge in [-0.2, -0.15) is 0 Å². The van der Waals surface area contributed by atoms with E-state index in [-0.39, 0.29) is 25.2 Å². The fourth-order valence-corrected chi connectivity index (χ4v) is 5.78. The number of ether oxygens (including phenoxy) is 2. The fourth-order valence-electron chi connectivity index (χ4n) is 5.78. The van der Waals surface area contributed by atoms with Crippen LogP contribution in [0.3, 0.4) is 0 Å². The highest BCUT2D eigenvalue weighted by atomic mass is 16.6. The SMILES string of the molecule is CCCCCCCC/C=C/CCCCCCCCCC(=O)O[C@@H](CO)COC(=O)CCCCCCCCCCCCCCCC. The third-order valence-electron chi connectivity index (χ3n) is 8.81. The molecule has 0 saturated carbocycles. The summed E-state index contributed by atoms with van der Waals surface area (Å²) in [6.45, 7) is 4.14. The van der Waals surface area contributed by atoms with Crippen molar-refractivity contribution in [3.63, 3.8) is 0 Å². The number of aliphatic hydroxyl groups is 1. The first-order chi connectivity index (χ1) is 22.1. The number of esters is 2. The van der Waals surface area contributed by atoms with Gasteiger partial charge in [0.1, 0.15) is 6.61 Å². The molecule has 0 spiro atoms. The number of carbonyl (C=O) groups excluding carboxylic acids is 2. The molecule has 0 aliphatic rings. The van der Waals surface area contributed by atoms with Gasteiger partial charge in [0, 0.05) is 12.8 Å². The normalized spacial score (nSPS) is 12.2. The zero-order chi connectivity index (χ0) is 32.9. The summed E-state index contributed by atoms with van der Waals surface area (Å²) >= 11 is 0. The average molecular weight is 637 g/mol. The number of allylic oxidation sites excluding steroid dienone is 2. The molecule has 5 heteroatoms. The molecule has 45 heavy (non-hydrogen) atoms. The summed E-state index contributed by atoms with van der Waals surface area (Å²) in [5.41, 5.74) is 0. The van der Waals surface area contributed by atoms with Crippen molar-refractivity contribution in [3.05, 3.63) is 12.2 Å². The van der Waals surface area contributed by atoms with Crippen LogP contribution in [0.15, 0.2) is 12.2 Å². The Kier molecular flexibility index (Phi) is 36.0. The van der Waals surface area contributed by atoms with E-state index in [0.29, 0.717) is 12.8 Å². The molecule has 0 amide bonds. The van der Waals surface area contributed by atoms with Gasteiger partial charge in [0.2, 0.25) is 0 Å². The van der Waals surface area contributed by atoms with Crippen molar-refractivity contribution in [1.29, 1.82) is 0 Å². The molecule has 0 aromatic rings. The van der Waals surface area contributed by atoms with Crippen molar-refractivity contribution in [2.24, 2.45) is 0 Å². The van der Waals surface area contributed by atoms with E-state index < -0.39 is 6.10 Å². The van der Waals surface area contributed by atoms with E-state index >= 15 is 0 Å². The quantitative estimate of drug-likeness (QED) is 0.0421. The van der Waals surface area contributed by atoms with Crippen LogP contribution in [-0.4, -0.2) is 36.4 Å². The smallest absolute Gasteiger partial charge is 0.306 e. The van der Waals surface area contributed by atoms with Crippen LogP contribution in [0.5, 0.6) is 0 Å². The number of hydrogen-bond acceptors (Lipinski definition) is 5. The third-order valence-corrected chi connectivity index (χ3v) is 8.81. The van der Waals surface area contributed by atoms with Gasteiger partial charge in [-0.15, -0.1) is 0 Å². The van der Waals surface area contributed by atoms with Gasteiger partial charge in [0.05, 0.1) is 6.61 Å². The first kappa shape index (κ1) is 43.6. The van der Waals surface area contributed by atoms with Crippen molar-refractivity contribution < 1.29 is 24.2 Å². The van der Waals surface area contributed by atoms with Gasteiger partial charge < -0.3 is 14.6 Å². The van der Waals surface area contributed by atoms with Gasteiger partial charge in [0.15, 0.2) is 6.10 Å². The molecular formula is C40H76O5. The third kappa shape index (κ3) is 35.3. The zero-order valence-electron chi connectivity index (χ0n) is 30.1. The summed E-state index contributed by atoms with van der Waals surface area (Å²) in [6.07, 6.45) is 41.2. The predicted octanol–water partition coefficient (Wildman–Crippen LogP) is 12.1. The molecule has 0 bridgehead atoms. The largest absolute Gasteiger partial charge is 0.462 e. The Labute approximate surface area is 280 Å². The van der Waals surface area contributed by atoms with Crippen molar-refractivity contribution in [1.82, 2.24) is 0 Å². The number of unbranched alkanes of at least 4 members (excludes halogenated alkanes) is 26. The second-order valence-corrected chi connectivity index (χ2v) is 13.4. The Morgan fingerprint density at radius 1 is 0.489 bits per heavy atom. The number of hydrogen-bond donors (Lipinski definition) is 1. The van der Waals surface area contributed by atoms with Crippen molar-refractivity contribution in [2.75, 3.05) is 13.2 Å². The lowest BCUT2D eigenvalue weighted by molar-refractivity contribution is -0.161. The highest BCUT2D eigenvalue weighted by Crippen LogP contribution is 2.15. The Bertz CT molecular complexity index is 647. The molecule has 266 valence electrons. The van der Waals surface area contributed by atoms with Crippen molar-refractivity contribution >= 4 is 11.9 Å². The molecule has 0 aromatic heterocycles. The van der Waals surface area contributed by atoms with Crippen LogP contribution in [0.2, 0.25) is 0 Å². The van der Waals surface area contributed by atoms with Gasteiger partial charge >= 0.3 is 11.9 Å². The molecule has 0 fully saturated rings. The van der Waals surface area contributed by atoms with Crippen LogP contribution in [0.1, 0.15) is 213 Å². The maximum absolute atomic E-state index is 12.2. The van der Waals surface area contributed by atoms with Gasteiger partial charge in [-0.1, -0.05) is 174 Å². The summed E-state index contributed by atoms with van der Waals surface area (Å²) in [5.74, 6) is -0.586. The van der Waals surface area contributed by atoms with E-state index in [4.69, 9.17) is 9.47 Å². The molecule has 0 radical (unpaired) electrons. The Balaban J connectivity index is 3.52. The minimum absolute atomic E-state index is 0.0616. The lowest BCUT2D eigenvalue weighted by Crippen LogP contribution is -2.28. The molecule has 0 aromatic carbocycles. The van der Waals surface area contributed by atoms with Crippen LogP contribution >= 0.6 is 0 Å². The molecule has 0 heterocycles. The van der Waals surface area contributed by atoms with Crippen LogP contribution in [0.4, 0.5) is 0 Å². The summed E-state index contributed by atoms with van der Waals surface area (Å²) in [5, 5.41) is 9.54. The highest BCUT2D eigenvalue weighted by molar-refractivity contribution is 5.70. The molecule has 1 N–H and O–H groups in total. The standard InChI is InChI=1S/C40H76O5/c1-3-5-7-9-11-13-15-17-19-20-21-23-25-27-29-31-33-35-40(43)45-38(36-41)37-44-39(42)34-32-30-28-26-24-22-18-16-14-12-10-8-6-4-2/h17,19,38,41H,3-16,18,20-37H2,1-2H3/b19-17+/t38-/m0/s1. The second-order valence-electron chi connectivity index (χ2n) is 13.4. The second kappa shape index (κ2) is 37.1. The van der Waals surface area contributed by atoms with E-state index in [1.165, 1.54) is 148 Å². The molecule has 5 nitrogen and oxygen atoms in total. The van der Waals surface area contributed by atoms with Gasteiger partial charge in [0.25, 0.3) is 0 Å². The van der Waals surface area contributed by atoms with Gasteiger partial charge in [-0.3, -0.25) is 9.59 Å². The van der Waals surface area contributed by atoms with E-state index in [0.717, 1.165) is 38.5 Å². The molecule has 0 unspecified atom stereocenters. The van der Waals surface area contributed by atoms with Gasteiger partial charge in [-0.25, -0.2) is 0 Å². The average Bonchev–Trinajstić information content (AvgIpc) is 3.04. The molecular weight excluding hydrogens is 560 g/mol. The zero-order valence-corrected chi connectivity index (χ0v) is 30.1. The van der Waals surface area contributed by atoms with E-state index in [2.05, 4.69) is 26.0 Å². The first-order valence-corrected chi connectivity index (χ1v) is 19.7. The number of aliphatic hydroxyl groups excluding tert-OH is 1. The maximum atomic E-state index is 12.2. The van der Waals surface area contributed by atoms with E-state index in [1.807, 2.05) is 0 Å². The Hall–Kier alpha value is -1.36. The van der Waals surface area contributed by atoms with Crippen LogP contribution in [0, 0.1) is 0 Å². The van der Waals surface area contributed by atoms with Crippen molar-refractivity contribution in [2.45, 2.75) is 219 Å². The molecule has 0 aliphatic heterocycles. The van der Waals surface area contributed by atoms with Crippen LogP contribution in [0.25, 0.3) is 0 Å². The molecule has 0 saturated heterocycles. The molecule has 0 rings (SSSR count). The maximum Gasteiger partial charge on any atom is 0.306 e. The highest BCUT2D eigenvalue weighted by Gasteiger charge is 2.16. The monoisotopic (exact) mass is 637 g/mol. The fraction of sp³-hybridized carbons (Fsp3) is 0.900. The molecule has 1 atom stereocenters. The summed E-state index contributed by atoms with van der Waals surface area (Å²) in [7, 11) is 0. The van der Waals surface area contributed by atoms with Crippen molar-refractivity contribution in [3.8, 4) is 0 Å². The van der Waals surface area contributed by atoms with Gasteiger partial charge in [-0.05, 0) is 38.5 Å². The predicted molar refractivity (Wildman–Crippen MR) is 192 cm³/mol.